The van der Waals surface area contributed by atoms with E-state index in [0.29, 0.717) is 5.70 Å². The van der Waals surface area contributed by atoms with Crippen LogP contribution >= 0.6 is 0 Å². The van der Waals surface area contributed by atoms with Crippen LogP contribution in [0.1, 0.15) is 19.8 Å². The van der Waals surface area contributed by atoms with Crippen LogP contribution in [0.25, 0.3) is 0 Å². The topological polar surface area (TPSA) is 67.2 Å². The van der Waals surface area contributed by atoms with Gasteiger partial charge in [-0.15, -0.1) is 0 Å². The number of primary amides is 1. The Hall–Kier alpha value is -1.19. The summed E-state index contributed by atoms with van der Waals surface area (Å²) in [5, 5.41) is 5.70. The van der Waals surface area contributed by atoms with E-state index < -0.39 is 5.91 Å². The van der Waals surface area contributed by atoms with E-state index in [1.165, 1.54) is 0 Å². The Labute approximate surface area is 73.2 Å². The molecule has 0 radical (unpaired) electrons. The van der Waals surface area contributed by atoms with Crippen molar-refractivity contribution in [1.29, 1.82) is 0 Å². The van der Waals surface area contributed by atoms with E-state index in [4.69, 9.17) is 5.73 Å². The third-order valence-corrected chi connectivity index (χ3v) is 1.40. The highest BCUT2D eigenvalue weighted by molar-refractivity contribution is 5.91. The maximum Gasteiger partial charge on any atom is 0.266 e. The van der Waals surface area contributed by atoms with Gasteiger partial charge in [-0.05, 0) is 6.42 Å². The SMILES string of the molecule is CCCCN/C(=C\NC)C(N)=O. The first-order valence-electron chi connectivity index (χ1n) is 4.13. The number of hydrogen-bond acceptors (Lipinski definition) is 3. The average molecular weight is 171 g/mol. The van der Waals surface area contributed by atoms with Crippen molar-refractivity contribution in [2.24, 2.45) is 5.73 Å². The molecular weight excluding hydrogens is 154 g/mol. The molecule has 4 N–H and O–H groups in total. The Morgan fingerprint density at radius 1 is 1.58 bits per heavy atom. The van der Waals surface area contributed by atoms with Gasteiger partial charge in [-0.1, -0.05) is 13.3 Å². The average Bonchev–Trinajstić information content (AvgIpc) is 2.03. The predicted molar refractivity (Wildman–Crippen MR) is 49.2 cm³/mol. The number of hydrogen-bond donors (Lipinski definition) is 3. The first-order valence-corrected chi connectivity index (χ1v) is 4.13. The van der Waals surface area contributed by atoms with Crippen molar-refractivity contribution in [1.82, 2.24) is 10.6 Å². The number of carbonyl (C=O) groups excluding carboxylic acids is 1. The third-order valence-electron chi connectivity index (χ3n) is 1.40. The summed E-state index contributed by atoms with van der Waals surface area (Å²) in [4.78, 5) is 10.7. The minimum Gasteiger partial charge on any atom is -0.392 e. The molecule has 4 nitrogen and oxygen atoms in total. The van der Waals surface area contributed by atoms with Gasteiger partial charge in [-0.3, -0.25) is 4.79 Å². The summed E-state index contributed by atoms with van der Waals surface area (Å²) in [5.41, 5.74) is 5.53. The lowest BCUT2D eigenvalue weighted by Gasteiger charge is -2.06. The van der Waals surface area contributed by atoms with Gasteiger partial charge in [0.25, 0.3) is 5.91 Å². The number of unbranched alkanes of at least 4 members (excludes halogenated alkanes) is 1. The fraction of sp³-hybridized carbons (Fsp3) is 0.625. The first kappa shape index (κ1) is 10.8. The molecule has 4 heteroatoms. The zero-order valence-electron chi connectivity index (χ0n) is 7.68. The fourth-order valence-corrected chi connectivity index (χ4v) is 0.753. The standard InChI is InChI=1S/C8H17N3O/c1-3-4-5-11-7(6-10-2)8(9)12/h6,10-11H,3-5H2,1-2H3,(H2,9,12)/b7-6-. The number of nitrogens with two attached hydrogens (primary N) is 1. The summed E-state index contributed by atoms with van der Waals surface area (Å²) >= 11 is 0. The van der Waals surface area contributed by atoms with Gasteiger partial charge in [0.1, 0.15) is 5.70 Å². The summed E-state index contributed by atoms with van der Waals surface area (Å²) in [5.74, 6) is -0.430. The Balaban J connectivity index is 3.81. The molecule has 0 heterocycles. The van der Waals surface area contributed by atoms with Gasteiger partial charge in [0.05, 0.1) is 0 Å². The van der Waals surface area contributed by atoms with Crippen molar-refractivity contribution in [2.45, 2.75) is 19.8 Å². The zero-order valence-corrected chi connectivity index (χ0v) is 7.68. The largest absolute Gasteiger partial charge is 0.392 e. The van der Waals surface area contributed by atoms with E-state index in [0.717, 1.165) is 19.4 Å². The second kappa shape index (κ2) is 6.52. The molecule has 0 aliphatic rings. The molecule has 0 rings (SSSR count). The molecule has 0 spiro atoms. The monoisotopic (exact) mass is 171 g/mol. The molecular formula is C8H17N3O. The van der Waals surface area contributed by atoms with Crippen LogP contribution in [-0.2, 0) is 4.79 Å². The number of carbonyl (C=O) groups is 1. The van der Waals surface area contributed by atoms with Crippen LogP contribution in [0.2, 0.25) is 0 Å². The second-order valence-corrected chi connectivity index (χ2v) is 2.49. The molecule has 12 heavy (non-hydrogen) atoms. The summed E-state index contributed by atoms with van der Waals surface area (Å²) in [7, 11) is 1.73. The Kier molecular flexibility index (Phi) is 5.87. The van der Waals surface area contributed by atoms with E-state index in [1.807, 2.05) is 0 Å². The van der Waals surface area contributed by atoms with Gasteiger partial charge in [0.2, 0.25) is 0 Å². The Morgan fingerprint density at radius 2 is 2.25 bits per heavy atom. The van der Waals surface area contributed by atoms with Crippen molar-refractivity contribution < 1.29 is 4.79 Å². The molecule has 0 unspecified atom stereocenters. The lowest BCUT2D eigenvalue weighted by atomic mass is 10.3. The lowest BCUT2D eigenvalue weighted by Crippen LogP contribution is -2.28. The minimum atomic E-state index is -0.430. The summed E-state index contributed by atoms with van der Waals surface area (Å²) < 4.78 is 0. The first-order chi connectivity index (χ1) is 5.72. The highest BCUT2D eigenvalue weighted by Crippen LogP contribution is 1.88. The normalized spacial score (nSPS) is 11.0. The lowest BCUT2D eigenvalue weighted by molar-refractivity contribution is -0.114. The summed E-state index contributed by atoms with van der Waals surface area (Å²) in [6, 6.07) is 0. The molecule has 0 saturated carbocycles. The van der Waals surface area contributed by atoms with E-state index in [-0.39, 0.29) is 0 Å². The van der Waals surface area contributed by atoms with Crippen LogP contribution in [0.4, 0.5) is 0 Å². The maximum atomic E-state index is 10.7. The van der Waals surface area contributed by atoms with Crippen LogP contribution in [0.3, 0.4) is 0 Å². The zero-order chi connectivity index (χ0) is 9.40. The molecule has 0 aliphatic carbocycles. The van der Waals surface area contributed by atoms with Crippen LogP contribution in [0.15, 0.2) is 11.9 Å². The minimum absolute atomic E-state index is 0.430. The molecule has 0 aromatic carbocycles. The van der Waals surface area contributed by atoms with Crippen molar-refractivity contribution in [3.8, 4) is 0 Å². The number of amides is 1. The molecule has 0 fully saturated rings. The van der Waals surface area contributed by atoms with Gasteiger partial charge in [0, 0.05) is 19.8 Å². The number of nitrogens with one attached hydrogen (secondary N) is 2. The fourth-order valence-electron chi connectivity index (χ4n) is 0.753. The van der Waals surface area contributed by atoms with Crippen molar-refractivity contribution in [3.05, 3.63) is 11.9 Å². The van der Waals surface area contributed by atoms with E-state index >= 15 is 0 Å². The predicted octanol–water partition coefficient (Wildman–Crippen LogP) is -0.0778. The van der Waals surface area contributed by atoms with Gasteiger partial charge >= 0.3 is 0 Å². The van der Waals surface area contributed by atoms with Crippen LogP contribution in [0.5, 0.6) is 0 Å². The van der Waals surface area contributed by atoms with Crippen LogP contribution in [0, 0.1) is 0 Å². The van der Waals surface area contributed by atoms with Crippen LogP contribution in [-0.4, -0.2) is 19.5 Å². The van der Waals surface area contributed by atoms with Gasteiger partial charge in [-0.2, -0.15) is 0 Å². The van der Waals surface area contributed by atoms with E-state index in [2.05, 4.69) is 17.6 Å². The van der Waals surface area contributed by atoms with Crippen molar-refractivity contribution >= 4 is 5.91 Å². The molecule has 70 valence electrons. The highest BCUT2D eigenvalue weighted by Gasteiger charge is 2.01. The number of rotatable bonds is 6. The summed E-state index contributed by atoms with van der Waals surface area (Å²) in [6.45, 7) is 2.88. The molecule has 0 saturated heterocycles. The summed E-state index contributed by atoms with van der Waals surface area (Å²) in [6.07, 6.45) is 3.70. The smallest absolute Gasteiger partial charge is 0.266 e. The van der Waals surface area contributed by atoms with Gasteiger partial charge < -0.3 is 16.4 Å². The van der Waals surface area contributed by atoms with E-state index in [1.54, 1.807) is 13.2 Å². The molecule has 0 aromatic heterocycles. The maximum absolute atomic E-state index is 10.7. The Morgan fingerprint density at radius 3 is 2.67 bits per heavy atom. The highest BCUT2D eigenvalue weighted by atomic mass is 16.1. The molecule has 0 bridgehead atoms. The molecule has 0 aromatic rings. The van der Waals surface area contributed by atoms with Gasteiger partial charge in [-0.25, -0.2) is 0 Å². The molecule has 0 atom stereocenters. The quantitative estimate of drug-likeness (QED) is 0.387. The van der Waals surface area contributed by atoms with E-state index in [9.17, 15) is 4.79 Å². The van der Waals surface area contributed by atoms with Crippen molar-refractivity contribution in [3.63, 3.8) is 0 Å². The second-order valence-electron chi connectivity index (χ2n) is 2.49. The van der Waals surface area contributed by atoms with Gasteiger partial charge in [0.15, 0.2) is 0 Å². The molecule has 0 aliphatic heterocycles. The third kappa shape index (κ3) is 4.60. The van der Waals surface area contributed by atoms with Crippen molar-refractivity contribution in [2.75, 3.05) is 13.6 Å². The van der Waals surface area contributed by atoms with Crippen LogP contribution < -0.4 is 16.4 Å². The Bertz CT molecular complexity index is 166. The molecule has 1 amide bonds.